The number of carbonyl (C=O) groups excluding carboxylic acids is 1. The van der Waals surface area contributed by atoms with E-state index >= 15 is 0 Å². The van der Waals surface area contributed by atoms with Gasteiger partial charge < -0.3 is 15.3 Å². The van der Waals surface area contributed by atoms with Gasteiger partial charge in [-0.3, -0.25) is 4.79 Å². The Labute approximate surface area is 85.6 Å². The van der Waals surface area contributed by atoms with Crippen LogP contribution in [-0.2, 0) is 9.59 Å². The molecule has 1 unspecified atom stereocenters. The Morgan fingerprint density at radius 3 is 2.73 bits per heavy atom. The number of hydrogen-bond acceptors (Lipinski definition) is 5. The molecule has 0 aromatic rings. The van der Waals surface area contributed by atoms with Crippen LogP contribution in [0.1, 0.15) is 12.8 Å². The fourth-order valence-electron chi connectivity index (χ4n) is 1.16. The molecule has 0 bridgehead atoms. The fourth-order valence-corrected chi connectivity index (χ4v) is 1.16. The summed E-state index contributed by atoms with van der Waals surface area (Å²) in [5.74, 6) is -1.53. The molecular weight excluding hydrogens is 204 g/mol. The number of carbonyl (C=O) groups is 2. The van der Waals surface area contributed by atoms with E-state index in [9.17, 15) is 9.59 Å². The number of hydrazone groups is 1. The highest BCUT2D eigenvalue weighted by Gasteiger charge is 2.25. The summed E-state index contributed by atoms with van der Waals surface area (Å²) in [6.07, 6.45) is -0.950. The minimum Gasteiger partial charge on any atom is -0.477 e. The molecule has 1 rings (SSSR count). The molecule has 3 N–H and O–H groups in total. The van der Waals surface area contributed by atoms with Crippen molar-refractivity contribution >= 4 is 17.6 Å². The maximum Gasteiger partial charge on any atom is 0.352 e. The highest BCUT2D eigenvalue weighted by molar-refractivity contribution is 6.36. The summed E-state index contributed by atoms with van der Waals surface area (Å²) in [6, 6.07) is 0. The zero-order valence-electron chi connectivity index (χ0n) is 7.96. The third-order valence-electron chi connectivity index (χ3n) is 1.95. The van der Waals surface area contributed by atoms with Gasteiger partial charge in [-0.15, -0.1) is 0 Å². The predicted molar refractivity (Wildman–Crippen MR) is 49.1 cm³/mol. The highest BCUT2D eigenvalue weighted by atomic mass is 16.4. The molecule has 1 amide bonds. The van der Waals surface area contributed by atoms with E-state index < -0.39 is 18.7 Å². The van der Waals surface area contributed by atoms with Crippen molar-refractivity contribution in [3.63, 3.8) is 0 Å². The smallest absolute Gasteiger partial charge is 0.352 e. The number of aliphatic hydroxyl groups excluding tert-OH is 2. The lowest BCUT2D eigenvalue weighted by Crippen LogP contribution is -2.39. The van der Waals surface area contributed by atoms with Crippen molar-refractivity contribution in [1.82, 2.24) is 5.01 Å². The third kappa shape index (κ3) is 3.00. The summed E-state index contributed by atoms with van der Waals surface area (Å²) in [4.78, 5) is 21.8. The lowest BCUT2D eigenvalue weighted by Gasteiger charge is -2.23. The van der Waals surface area contributed by atoms with Crippen LogP contribution in [0, 0.1) is 0 Å². The molecule has 0 spiro atoms. The molecule has 0 aromatic heterocycles. The minimum absolute atomic E-state index is 0.0588. The molecule has 0 saturated carbocycles. The zero-order chi connectivity index (χ0) is 11.4. The molecule has 1 aliphatic heterocycles. The number of aliphatic hydroxyl groups is 2. The standard InChI is InChI=1S/C8H12N2O5/c11-4-5(12)3-10-7(13)2-1-6(9-10)8(14)15/h5,11-12H,1-4H2,(H,14,15). The van der Waals surface area contributed by atoms with Gasteiger partial charge in [0.25, 0.3) is 0 Å². The van der Waals surface area contributed by atoms with E-state index in [2.05, 4.69) is 5.10 Å². The lowest BCUT2D eigenvalue weighted by atomic mass is 10.1. The zero-order valence-corrected chi connectivity index (χ0v) is 7.96. The maximum absolute atomic E-state index is 11.2. The number of carboxylic acids is 1. The topological polar surface area (TPSA) is 110 Å². The molecule has 0 aliphatic carbocycles. The molecule has 0 radical (unpaired) electrons. The molecule has 1 aliphatic rings. The van der Waals surface area contributed by atoms with E-state index in [4.69, 9.17) is 15.3 Å². The Morgan fingerprint density at radius 2 is 2.20 bits per heavy atom. The first kappa shape index (κ1) is 11.6. The second kappa shape index (κ2) is 4.85. The monoisotopic (exact) mass is 216 g/mol. The molecule has 7 heteroatoms. The van der Waals surface area contributed by atoms with Crippen LogP contribution in [0.15, 0.2) is 5.10 Å². The number of hydrogen-bond donors (Lipinski definition) is 3. The van der Waals surface area contributed by atoms with Gasteiger partial charge in [0.15, 0.2) is 0 Å². The summed E-state index contributed by atoms with van der Waals surface area (Å²) in [6.45, 7) is -0.687. The number of β-amino-alcohol motifs (C(OH)–C–C–N with tert-alkyl or cyclic N) is 1. The lowest BCUT2D eigenvalue weighted by molar-refractivity contribution is -0.134. The van der Waals surface area contributed by atoms with Gasteiger partial charge in [-0.25, -0.2) is 9.80 Å². The Hall–Kier alpha value is -1.47. The van der Waals surface area contributed by atoms with Gasteiger partial charge in [-0.1, -0.05) is 0 Å². The van der Waals surface area contributed by atoms with E-state index in [0.29, 0.717) is 0 Å². The average Bonchev–Trinajstić information content (AvgIpc) is 2.20. The summed E-state index contributed by atoms with van der Waals surface area (Å²) >= 11 is 0. The second-order valence-electron chi connectivity index (χ2n) is 3.16. The normalized spacial score (nSPS) is 18.7. The Kier molecular flexibility index (Phi) is 3.75. The third-order valence-corrected chi connectivity index (χ3v) is 1.95. The summed E-state index contributed by atoms with van der Waals surface area (Å²) in [5, 5.41) is 30.8. The van der Waals surface area contributed by atoms with Gasteiger partial charge in [-0.2, -0.15) is 5.10 Å². The molecule has 15 heavy (non-hydrogen) atoms. The number of amides is 1. The van der Waals surface area contributed by atoms with Crippen LogP contribution in [0.2, 0.25) is 0 Å². The van der Waals surface area contributed by atoms with Crippen LogP contribution < -0.4 is 0 Å². The van der Waals surface area contributed by atoms with E-state index in [-0.39, 0.29) is 31.0 Å². The fraction of sp³-hybridized carbons (Fsp3) is 0.625. The van der Waals surface area contributed by atoms with Gasteiger partial charge in [-0.05, 0) is 0 Å². The molecular formula is C8H12N2O5. The van der Waals surface area contributed by atoms with Crippen LogP contribution in [0.4, 0.5) is 0 Å². The van der Waals surface area contributed by atoms with E-state index in [0.717, 1.165) is 5.01 Å². The number of aliphatic carboxylic acids is 1. The van der Waals surface area contributed by atoms with Crippen LogP contribution >= 0.6 is 0 Å². The highest BCUT2D eigenvalue weighted by Crippen LogP contribution is 2.09. The minimum atomic E-state index is -1.18. The van der Waals surface area contributed by atoms with E-state index in [1.54, 1.807) is 0 Å². The SMILES string of the molecule is O=C(O)C1=NN(CC(O)CO)C(=O)CC1. The Balaban J connectivity index is 2.72. The molecule has 7 nitrogen and oxygen atoms in total. The second-order valence-corrected chi connectivity index (χ2v) is 3.16. The van der Waals surface area contributed by atoms with E-state index in [1.165, 1.54) is 0 Å². The molecule has 1 heterocycles. The van der Waals surface area contributed by atoms with E-state index in [1.807, 2.05) is 0 Å². The molecule has 1 atom stereocenters. The van der Waals surface area contributed by atoms with Crippen LogP contribution in [0.5, 0.6) is 0 Å². The van der Waals surface area contributed by atoms with Crippen molar-refractivity contribution in [3.05, 3.63) is 0 Å². The van der Waals surface area contributed by atoms with Crippen molar-refractivity contribution in [1.29, 1.82) is 0 Å². The molecule has 0 aromatic carbocycles. The number of nitrogens with zero attached hydrogens (tertiary/aromatic N) is 2. The number of rotatable bonds is 4. The van der Waals surface area contributed by atoms with Crippen LogP contribution in [-0.4, -0.2) is 57.2 Å². The maximum atomic E-state index is 11.2. The molecule has 84 valence electrons. The average molecular weight is 216 g/mol. The van der Waals surface area contributed by atoms with Gasteiger partial charge in [0.05, 0.1) is 19.3 Å². The van der Waals surface area contributed by atoms with Crippen molar-refractivity contribution in [2.45, 2.75) is 18.9 Å². The molecule has 0 saturated heterocycles. The summed E-state index contributed by atoms with van der Waals surface area (Å²) in [5.41, 5.74) is -0.111. The van der Waals surface area contributed by atoms with Gasteiger partial charge in [0.1, 0.15) is 5.71 Å². The van der Waals surface area contributed by atoms with Crippen molar-refractivity contribution < 1.29 is 24.9 Å². The summed E-state index contributed by atoms with van der Waals surface area (Å²) in [7, 11) is 0. The van der Waals surface area contributed by atoms with Crippen LogP contribution in [0.25, 0.3) is 0 Å². The first-order valence-corrected chi connectivity index (χ1v) is 4.44. The first-order valence-electron chi connectivity index (χ1n) is 4.44. The predicted octanol–water partition coefficient (Wildman–Crippen LogP) is -1.60. The van der Waals surface area contributed by atoms with Crippen molar-refractivity contribution in [3.8, 4) is 0 Å². The quantitative estimate of drug-likeness (QED) is 0.524. The largest absolute Gasteiger partial charge is 0.477 e. The van der Waals surface area contributed by atoms with Gasteiger partial charge in [0.2, 0.25) is 5.91 Å². The summed E-state index contributed by atoms with van der Waals surface area (Å²) < 4.78 is 0. The van der Waals surface area contributed by atoms with Gasteiger partial charge >= 0.3 is 5.97 Å². The van der Waals surface area contributed by atoms with Crippen LogP contribution in [0.3, 0.4) is 0 Å². The number of carboxylic acid groups (broad SMARTS) is 1. The van der Waals surface area contributed by atoms with Gasteiger partial charge in [0, 0.05) is 12.8 Å². The van der Waals surface area contributed by atoms with Crippen molar-refractivity contribution in [2.75, 3.05) is 13.2 Å². The van der Waals surface area contributed by atoms with Crippen molar-refractivity contribution in [2.24, 2.45) is 5.10 Å². The first-order chi connectivity index (χ1) is 7.04. The molecule has 0 fully saturated rings. The Morgan fingerprint density at radius 1 is 1.53 bits per heavy atom. The Bertz CT molecular complexity index is 301.